The summed E-state index contributed by atoms with van der Waals surface area (Å²) in [5.74, 6) is 2.44. The van der Waals surface area contributed by atoms with E-state index in [-0.39, 0.29) is 0 Å². The highest BCUT2D eigenvalue weighted by molar-refractivity contribution is 5.62. The van der Waals surface area contributed by atoms with E-state index in [9.17, 15) is 0 Å². The van der Waals surface area contributed by atoms with Crippen LogP contribution in [0.25, 0.3) is 5.65 Å². The van der Waals surface area contributed by atoms with Crippen LogP contribution < -0.4 is 5.32 Å². The molecule has 3 aromatic rings. The van der Waals surface area contributed by atoms with Crippen LogP contribution in [0.2, 0.25) is 0 Å². The number of likely N-dealkylation sites (tertiary alicyclic amines) is 1. The van der Waals surface area contributed by atoms with E-state index in [2.05, 4.69) is 54.1 Å². The largest absolute Gasteiger partial charge is 0.363 e. The van der Waals surface area contributed by atoms with Crippen LogP contribution in [0.4, 0.5) is 5.82 Å². The van der Waals surface area contributed by atoms with E-state index >= 15 is 0 Å². The van der Waals surface area contributed by atoms with Crippen LogP contribution in [0.3, 0.4) is 0 Å². The molecule has 1 aromatic carbocycles. The van der Waals surface area contributed by atoms with Crippen LogP contribution in [0.15, 0.2) is 36.7 Å². The third-order valence-electron chi connectivity index (χ3n) is 5.63. The normalized spacial score (nSPS) is 18.1. The summed E-state index contributed by atoms with van der Waals surface area (Å²) in [4.78, 5) is 7.03. The molecule has 1 aliphatic heterocycles. The standard InChI is InChI=1S/C21H26N6/c1-2-11-26(12-3-1)15-17-6-4-16(5-7-17)14-23-19-21-25-24-20(18-8-9-18)27(21)13-10-22-19/h4-7,10,13,18H,1-3,8-9,11-12,14-15H2,(H,22,23). The zero-order chi connectivity index (χ0) is 18.1. The van der Waals surface area contributed by atoms with Crippen molar-refractivity contribution >= 4 is 11.5 Å². The van der Waals surface area contributed by atoms with E-state index < -0.39 is 0 Å². The van der Waals surface area contributed by atoms with Gasteiger partial charge in [0, 0.05) is 31.4 Å². The molecular weight excluding hydrogens is 336 g/mol. The Kier molecular flexibility index (Phi) is 4.49. The van der Waals surface area contributed by atoms with Gasteiger partial charge in [-0.05, 0) is 49.9 Å². The van der Waals surface area contributed by atoms with Crippen molar-refractivity contribution in [1.82, 2.24) is 24.5 Å². The maximum absolute atomic E-state index is 4.47. The summed E-state index contributed by atoms with van der Waals surface area (Å²) >= 11 is 0. The van der Waals surface area contributed by atoms with Crippen molar-refractivity contribution in [3.63, 3.8) is 0 Å². The third kappa shape index (κ3) is 3.67. The Bertz CT molecular complexity index is 906. The molecule has 2 aliphatic rings. The van der Waals surface area contributed by atoms with Crippen molar-refractivity contribution in [3.8, 4) is 0 Å². The van der Waals surface area contributed by atoms with Gasteiger partial charge in [0.1, 0.15) is 5.82 Å². The maximum atomic E-state index is 4.47. The second-order valence-corrected chi connectivity index (χ2v) is 7.81. The van der Waals surface area contributed by atoms with Gasteiger partial charge in [-0.2, -0.15) is 0 Å². The highest BCUT2D eigenvalue weighted by Gasteiger charge is 2.29. The molecule has 6 nitrogen and oxygen atoms in total. The van der Waals surface area contributed by atoms with E-state index in [4.69, 9.17) is 0 Å². The molecule has 6 heteroatoms. The number of piperidine rings is 1. The predicted octanol–water partition coefficient (Wildman–Crippen LogP) is 3.60. The minimum atomic E-state index is 0.572. The van der Waals surface area contributed by atoms with Crippen LogP contribution in [0.5, 0.6) is 0 Å². The van der Waals surface area contributed by atoms with E-state index in [1.54, 1.807) is 0 Å². The summed E-state index contributed by atoms with van der Waals surface area (Å²) < 4.78 is 2.08. The molecule has 0 atom stereocenters. The number of hydrogen-bond donors (Lipinski definition) is 1. The molecule has 0 amide bonds. The minimum absolute atomic E-state index is 0.572. The lowest BCUT2D eigenvalue weighted by atomic mass is 10.1. The molecule has 140 valence electrons. The first-order chi connectivity index (χ1) is 13.4. The van der Waals surface area contributed by atoms with Gasteiger partial charge in [-0.25, -0.2) is 4.98 Å². The molecule has 1 aliphatic carbocycles. The molecule has 0 bridgehead atoms. The molecule has 0 radical (unpaired) electrons. The van der Waals surface area contributed by atoms with E-state index in [0.717, 1.165) is 30.4 Å². The second-order valence-electron chi connectivity index (χ2n) is 7.81. The lowest BCUT2D eigenvalue weighted by Gasteiger charge is -2.26. The molecule has 0 spiro atoms. The van der Waals surface area contributed by atoms with Crippen molar-refractivity contribution < 1.29 is 0 Å². The first-order valence-corrected chi connectivity index (χ1v) is 10.1. The van der Waals surface area contributed by atoms with Crippen molar-refractivity contribution in [2.75, 3.05) is 18.4 Å². The molecule has 1 N–H and O–H groups in total. The van der Waals surface area contributed by atoms with E-state index in [1.807, 2.05) is 12.4 Å². The fraction of sp³-hybridized carbons (Fsp3) is 0.476. The lowest BCUT2D eigenvalue weighted by Crippen LogP contribution is -2.29. The molecule has 0 unspecified atom stereocenters. The summed E-state index contributed by atoms with van der Waals surface area (Å²) in [6, 6.07) is 8.93. The molecule has 1 saturated heterocycles. The number of benzene rings is 1. The number of nitrogens with zero attached hydrogens (tertiary/aromatic N) is 5. The monoisotopic (exact) mass is 362 g/mol. The highest BCUT2D eigenvalue weighted by Crippen LogP contribution is 2.39. The minimum Gasteiger partial charge on any atom is -0.363 e. The summed E-state index contributed by atoms with van der Waals surface area (Å²) in [7, 11) is 0. The van der Waals surface area contributed by atoms with E-state index in [1.165, 1.54) is 56.3 Å². The van der Waals surface area contributed by atoms with Gasteiger partial charge in [-0.15, -0.1) is 10.2 Å². The number of anilines is 1. The number of fused-ring (bicyclic) bond motifs is 1. The van der Waals surface area contributed by atoms with Gasteiger partial charge >= 0.3 is 0 Å². The van der Waals surface area contributed by atoms with Gasteiger partial charge in [0.2, 0.25) is 5.65 Å². The molecule has 2 fully saturated rings. The Balaban J connectivity index is 1.24. The van der Waals surface area contributed by atoms with Gasteiger partial charge in [0.05, 0.1) is 0 Å². The predicted molar refractivity (Wildman–Crippen MR) is 106 cm³/mol. The molecule has 3 heterocycles. The number of nitrogens with one attached hydrogen (secondary N) is 1. The Morgan fingerprint density at radius 3 is 2.52 bits per heavy atom. The summed E-state index contributed by atoms with van der Waals surface area (Å²) in [5, 5.41) is 12.2. The van der Waals surface area contributed by atoms with Gasteiger partial charge in [-0.3, -0.25) is 9.30 Å². The fourth-order valence-corrected chi connectivity index (χ4v) is 3.91. The van der Waals surface area contributed by atoms with Crippen LogP contribution in [0, 0.1) is 0 Å². The van der Waals surface area contributed by atoms with Crippen LogP contribution >= 0.6 is 0 Å². The fourth-order valence-electron chi connectivity index (χ4n) is 3.91. The van der Waals surface area contributed by atoms with Gasteiger partial charge in [0.25, 0.3) is 0 Å². The zero-order valence-electron chi connectivity index (χ0n) is 15.6. The smallest absolute Gasteiger partial charge is 0.203 e. The number of rotatable bonds is 6. The van der Waals surface area contributed by atoms with Crippen molar-refractivity contribution in [2.24, 2.45) is 0 Å². The molecular formula is C21H26N6. The Labute approximate surface area is 159 Å². The molecule has 27 heavy (non-hydrogen) atoms. The molecule has 1 saturated carbocycles. The maximum Gasteiger partial charge on any atom is 0.203 e. The zero-order valence-corrected chi connectivity index (χ0v) is 15.6. The summed E-state index contributed by atoms with van der Waals surface area (Å²) in [6.07, 6.45) is 10.3. The second kappa shape index (κ2) is 7.27. The average molecular weight is 362 g/mol. The first-order valence-electron chi connectivity index (χ1n) is 10.1. The third-order valence-corrected chi connectivity index (χ3v) is 5.63. The Hall–Kier alpha value is -2.47. The highest BCUT2D eigenvalue weighted by atomic mass is 15.3. The number of aromatic nitrogens is 4. The topological polar surface area (TPSA) is 58.4 Å². The van der Waals surface area contributed by atoms with Crippen LogP contribution in [0.1, 0.15) is 55.0 Å². The van der Waals surface area contributed by atoms with Gasteiger partial charge < -0.3 is 5.32 Å². The SMILES string of the molecule is c1cn2c(C3CC3)nnc2c(NCc2ccc(CN3CCCCC3)cc2)n1. The quantitative estimate of drug-likeness (QED) is 0.726. The summed E-state index contributed by atoms with van der Waals surface area (Å²) in [6.45, 7) is 4.28. The summed E-state index contributed by atoms with van der Waals surface area (Å²) in [5.41, 5.74) is 3.47. The van der Waals surface area contributed by atoms with E-state index in [0.29, 0.717) is 5.92 Å². The van der Waals surface area contributed by atoms with Crippen molar-refractivity contribution in [3.05, 3.63) is 53.6 Å². The first kappa shape index (κ1) is 16.7. The average Bonchev–Trinajstić information content (AvgIpc) is 3.47. The number of hydrogen-bond acceptors (Lipinski definition) is 5. The van der Waals surface area contributed by atoms with Crippen LogP contribution in [-0.4, -0.2) is 37.6 Å². The van der Waals surface area contributed by atoms with Gasteiger partial charge in [-0.1, -0.05) is 30.7 Å². The van der Waals surface area contributed by atoms with Crippen LogP contribution in [-0.2, 0) is 13.1 Å². The Morgan fingerprint density at radius 2 is 1.74 bits per heavy atom. The van der Waals surface area contributed by atoms with Gasteiger partial charge in [0.15, 0.2) is 5.82 Å². The van der Waals surface area contributed by atoms with Crippen molar-refractivity contribution in [1.29, 1.82) is 0 Å². The van der Waals surface area contributed by atoms with Crippen molar-refractivity contribution in [2.45, 2.75) is 51.1 Å². The Morgan fingerprint density at radius 1 is 0.963 bits per heavy atom. The molecule has 5 rings (SSSR count). The molecule has 2 aromatic heterocycles. The lowest BCUT2D eigenvalue weighted by molar-refractivity contribution is 0.221.